The second kappa shape index (κ2) is 9.92. The lowest BCUT2D eigenvalue weighted by atomic mass is 10.2. The number of anilines is 1. The zero-order chi connectivity index (χ0) is 21.6. The minimum Gasteiger partial charge on any atom is -0.493 e. The Bertz CT molecular complexity index is 1220. The van der Waals surface area contributed by atoms with Crippen LogP contribution in [0.25, 0.3) is 10.1 Å². The summed E-state index contributed by atoms with van der Waals surface area (Å²) in [5.41, 5.74) is 1.95. The molecule has 4 nitrogen and oxygen atoms in total. The number of carbonyl (C=O) groups is 1. The molecule has 1 amide bonds. The first-order valence-electron chi connectivity index (χ1n) is 9.66. The molecule has 1 aromatic heterocycles. The molecule has 4 rings (SSSR count). The van der Waals surface area contributed by atoms with Crippen molar-refractivity contribution in [2.75, 3.05) is 11.9 Å². The molecule has 0 saturated carbocycles. The molecular formula is C24H19ClN2O2S2. The summed E-state index contributed by atoms with van der Waals surface area (Å²) in [7, 11) is 0. The summed E-state index contributed by atoms with van der Waals surface area (Å²) in [4.78, 5) is 13.1. The van der Waals surface area contributed by atoms with Gasteiger partial charge in [0.25, 0.3) is 5.91 Å². The number of carbonyl (C=O) groups excluding carboxylic acids is 1. The highest BCUT2D eigenvalue weighted by Crippen LogP contribution is 2.35. The minimum absolute atomic E-state index is 0.194. The quantitative estimate of drug-likeness (QED) is 0.327. The van der Waals surface area contributed by atoms with Crippen LogP contribution in [-0.4, -0.2) is 17.6 Å². The van der Waals surface area contributed by atoms with Gasteiger partial charge in [-0.15, -0.1) is 11.3 Å². The molecule has 3 aromatic carbocycles. The van der Waals surface area contributed by atoms with Crippen LogP contribution < -0.4 is 15.4 Å². The summed E-state index contributed by atoms with van der Waals surface area (Å²) >= 11 is 13.0. The normalized spacial score (nSPS) is 10.6. The van der Waals surface area contributed by atoms with Gasteiger partial charge in [-0.25, -0.2) is 0 Å². The number of nitrogens with one attached hydrogen (secondary N) is 2. The van der Waals surface area contributed by atoms with Gasteiger partial charge in [0.15, 0.2) is 5.11 Å². The van der Waals surface area contributed by atoms with Crippen molar-refractivity contribution in [1.82, 2.24) is 5.32 Å². The predicted octanol–water partition coefficient (Wildman–Crippen LogP) is 6.30. The van der Waals surface area contributed by atoms with Crippen LogP contribution in [0.15, 0.2) is 78.9 Å². The first-order chi connectivity index (χ1) is 15.1. The van der Waals surface area contributed by atoms with Gasteiger partial charge < -0.3 is 10.1 Å². The Kier molecular flexibility index (Phi) is 6.82. The zero-order valence-corrected chi connectivity index (χ0v) is 18.8. The van der Waals surface area contributed by atoms with Gasteiger partial charge in [0.2, 0.25) is 0 Å². The van der Waals surface area contributed by atoms with Crippen LogP contribution in [0.2, 0.25) is 5.02 Å². The van der Waals surface area contributed by atoms with E-state index in [-0.39, 0.29) is 11.0 Å². The number of fused-ring (bicyclic) bond motifs is 1. The number of thiocarbonyl (C=S) groups is 1. The number of amides is 1. The number of thiophene rings is 1. The molecular weight excluding hydrogens is 448 g/mol. The summed E-state index contributed by atoms with van der Waals surface area (Å²) in [6.07, 6.45) is 0.822. The second-order valence-corrected chi connectivity index (χ2v) is 8.60. The van der Waals surface area contributed by atoms with Gasteiger partial charge in [-0.1, -0.05) is 66.2 Å². The minimum atomic E-state index is -0.334. The second-order valence-electron chi connectivity index (χ2n) is 6.76. The van der Waals surface area contributed by atoms with Gasteiger partial charge in [-0.2, -0.15) is 0 Å². The van der Waals surface area contributed by atoms with Crippen LogP contribution in [0.1, 0.15) is 15.2 Å². The van der Waals surface area contributed by atoms with Crippen LogP contribution >= 0.6 is 35.2 Å². The van der Waals surface area contributed by atoms with Crippen LogP contribution in [0.3, 0.4) is 0 Å². The van der Waals surface area contributed by atoms with E-state index in [1.807, 2.05) is 66.7 Å². The Morgan fingerprint density at radius 1 is 1.00 bits per heavy atom. The molecule has 7 heteroatoms. The zero-order valence-electron chi connectivity index (χ0n) is 16.4. The monoisotopic (exact) mass is 466 g/mol. The molecule has 0 unspecified atom stereocenters. The first-order valence-corrected chi connectivity index (χ1v) is 11.3. The largest absolute Gasteiger partial charge is 0.493 e. The van der Waals surface area contributed by atoms with E-state index < -0.39 is 0 Å². The van der Waals surface area contributed by atoms with Crippen molar-refractivity contribution in [2.24, 2.45) is 0 Å². The summed E-state index contributed by atoms with van der Waals surface area (Å²) < 4.78 is 6.80. The van der Waals surface area contributed by atoms with E-state index in [2.05, 4.69) is 22.8 Å². The lowest BCUT2D eigenvalue weighted by molar-refractivity contribution is 0.0982. The summed E-state index contributed by atoms with van der Waals surface area (Å²) in [5.74, 6) is 0.390. The van der Waals surface area contributed by atoms with E-state index >= 15 is 0 Å². The van der Waals surface area contributed by atoms with Crippen molar-refractivity contribution in [3.63, 3.8) is 0 Å². The molecule has 1 heterocycles. The molecule has 2 N–H and O–H groups in total. The molecule has 0 aliphatic heterocycles. The van der Waals surface area contributed by atoms with Crippen molar-refractivity contribution >= 4 is 61.9 Å². The summed E-state index contributed by atoms with van der Waals surface area (Å²) in [6, 6.07) is 25.3. The molecule has 0 atom stereocenters. The van der Waals surface area contributed by atoms with E-state index in [0.29, 0.717) is 16.5 Å². The fourth-order valence-corrected chi connectivity index (χ4v) is 4.70. The third kappa shape index (κ3) is 5.41. The smallest absolute Gasteiger partial charge is 0.269 e. The fraction of sp³-hybridized carbons (Fsp3) is 0.0833. The van der Waals surface area contributed by atoms with Gasteiger partial charge in [0, 0.05) is 28.3 Å². The Balaban J connectivity index is 1.34. The van der Waals surface area contributed by atoms with Gasteiger partial charge in [-0.05, 0) is 36.0 Å². The van der Waals surface area contributed by atoms with E-state index in [9.17, 15) is 4.79 Å². The van der Waals surface area contributed by atoms with Gasteiger partial charge in [0.05, 0.1) is 11.6 Å². The third-order valence-electron chi connectivity index (χ3n) is 4.56. The Labute approximate surface area is 194 Å². The number of hydrogen-bond acceptors (Lipinski definition) is 4. The van der Waals surface area contributed by atoms with Crippen LogP contribution in [0.4, 0.5) is 5.69 Å². The molecule has 0 fully saturated rings. The highest BCUT2D eigenvalue weighted by molar-refractivity contribution is 7.80. The van der Waals surface area contributed by atoms with Crippen molar-refractivity contribution in [3.05, 3.63) is 94.3 Å². The molecule has 0 aliphatic rings. The van der Waals surface area contributed by atoms with Crippen molar-refractivity contribution < 1.29 is 9.53 Å². The van der Waals surface area contributed by atoms with Crippen LogP contribution in [-0.2, 0) is 6.42 Å². The number of rotatable bonds is 6. The highest BCUT2D eigenvalue weighted by Gasteiger charge is 2.17. The standard InChI is InChI=1S/C24H19ClN2O2S2/c25-21-19-11-4-5-12-20(19)31-22(21)23(28)27-24(30)26-17-9-6-10-18(15-17)29-14-13-16-7-2-1-3-8-16/h1-12,15H,13-14H2,(H2,26,27,28,30). The van der Waals surface area contributed by atoms with Crippen molar-refractivity contribution in [1.29, 1.82) is 0 Å². The first kappa shape index (κ1) is 21.3. The summed E-state index contributed by atoms with van der Waals surface area (Å²) in [5, 5.41) is 7.22. The maximum Gasteiger partial charge on any atom is 0.269 e. The maximum absolute atomic E-state index is 12.6. The topological polar surface area (TPSA) is 50.4 Å². The van der Waals surface area contributed by atoms with Crippen molar-refractivity contribution in [2.45, 2.75) is 6.42 Å². The highest BCUT2D eigenvalue weighted by atomic mass is 35.5. The Morgan fingerprint density at radius 3 is 2.58 bits per heavy atom. The lowest BCUT2D eigenvalue weighted by Gasteiger charge is -2.11. The average molecular weight is 467 g/mol. The SMILES string of the molecule is O=C(NC(=S)Nc1cccc(OCCc2ccccc2)c1)c1sc2ccccc2c1Cl. The van der Waals surface area contributed by atoms with Crippen molar-refractivity contribution in [3.8, 4) is 5.75 Å². The summed E-state index contributed by atoms with van der Waals surface area (Å²) in [6.45, 7) is 0.569. The van der Waals surface area contributed by atoms with Gasteiger partial charge in [0.1, 0.15) is 10.6 Å². The van der Waals surface area contributed by atoms with E-state index in [1.165, 1.54) is 16.9 Å². The van der Waals surface area contributed by atoms with Gasteiger partial charge >= 0.3 is 0 Å². The molecule has 156 valence electrons. The van der Waals surface area contributed by atoms with E-state index in [0.717, 1.165) is 27.9 Å². The Hall–Kier alpha value is -2.93. The van der Waals surface area contributed by atoms with E-state index in [4.69, 9.17) is 28.6 Å². The van der Waals surface area contributed by atoms with Crippen LogP contribution in [0.5, 0.6) is 5.75 Å². The average Bonchev–Trinajstić information content (AvgIpc) is 3.12. The van der Waals surface area contributed by atoms with Gasteiger partial charge in [-0.3, -0.25) is 10.1 Å². The number of benzene rings is 3. The third-order valence-corrected chi connectivity index (χ3v) is 6.44. The molecule has 4 aromatic rings. The predicted molar refractivity (Wildman–Crippen MR) is 133 cm³/mol. The molecule has 0 spiro atoms. The molecule has 0 aliphatic carbocycles. The molecule has 0 saturated heterocycles. The van der Waals surface area contributed by atoms with E-state index in [1.54, 1.807) is 0 Å². The van der Waals surface area contributed by atoms with Crippen LogP contribution in [0, 0.1) is 0 Å². The number of ether oxygens (including phenoxy) is 1. The fourth-order valence-electron chi connectivity index (χ4n) is 3.08. The number of halogens is 1. The Morgan fingerprint density at radius 2 is 1.77 bits per heavy atom. The maximum atomic E-state index is 12.6. The molecule has 0 bridgehead atoms. The molecule has 0 radical (unpaired) electrons. The lowest BCUT2D eigenvalue weighted by Crippen LogP contribution is -2.33. The molecule has 31 heavy (non-hydrogen) atoms. The number of hydrogen-bond donors (Lipinski definition) is 2.